The van der Waals surface area contributed by atoms with Crippen molar-refractivity contribution in [3.8, 4) is 11.5 Å². The number of ether oxygens (including phenoxy) is 5. The second-order valence-electron chi connectivity index (χ2n) is 5.27. The minimum atomic E-state index is -1.71. The Kier molecular flexibility index (Phi) is 7.18. The third kappa shape index (κ3) is 4.04. The molecule has 7 heteroatoms. The summed E-state index contributed by atoms with van der Waals surface area (Å²) in [5, 5.41) is 0. The van der Waals surface area contributed by atoms with Gasteiger partial charge in [0.2, 0.25) is 0 Å². The van der Waals surface area contributed by atoms with Crippen LogP contribution < -0.4 is 9.47 Å². The summed E-state index contributed by atoms with van der Waals surface area (Å²) in [5.41, 5.74) is 0.689. The number of hydrogen-bond acceptors (Lipinski definition) is 7. The lowest BCUT2D eigenvalue weighted by Crippen LogP contribution is -2.48. The summed E-state index contributed by atoms with van der Waals surface area (Å²) < 4.78 is 26.4. The lowest BCUT2D eigenvalue weighted by Gasteiger charge is -2.32. The number of aldehydes is 1. The molecule has 7 nitrogen and oxygen atoms in total. The van der Waals surface area contributed by atoms with Crippen LogP contribution >= 0.6 is 0 Å². The molecular formula is C17H24O7. The number of benzene rings is 1. The van der Waals surface area contributed by atoms with Gasteiger partial charge in [0.1, 0.15) is 11.5 Å². The largest absolute Gasteiger partial charge is 0.496 e. The van der Waals surface area contributed by atoms with Gasteiger partial charge < -0.3 is 23.7 Å². The van der Waals surface area contributed by atoms with Crippen molar-refractivity contribution in [1.82, 2.24) is 0 Å². The summed E-state index contributed by atoms with van der Waals surface area (Å²) in [4.78, 5) is 23.9. The topological polar surface area (TPSA) is 80.3 Å². The van der Waals surface area contributed by atoms with E-state index >= 15 is 0 Å². The molecule has 1 unspecified atom stereocenters. The Bertz CT molecular complexity index is 583. The van der Waals surface area contributed by atoms with E-state index in [1.54, 1.807) is 26.0 Å². The summed E-state index contributed by atoms with van der Waals surface area (Å²) in [6.07, 6.45) is 0.243. The minimum absolute atomic E-state index is 0.0806. The number of methoxy groups -OCH3 is 4. The highest BCUT2D eigenvalue weighted by atomic mass is 16.7. The standard InChI is InChI=1S/C17H24O7/c1-11(2)24-17(23-6,16(19)22-5)9-12-13(10-18)15(21-4)8-7-14(12)20-3/h7-8,10-11H,9H2,1-6H3. The maximum atomic E-state index is 12.3. The molecule has 24 heavy (non-hydrogen) atoms. The van der Waals surface area contributed by atoms with E-state index in [4.69, 9.17) is 23.7 Å². The maximum absolute atomic E-state index is 12.3. The first-order chi connectivity index (χ1) is 11.4. The predicted octanol–water partition coefficient (Wildman–Crippen LogP) is 2.00. The van der Waals surface area contributed by atoms with Crippen molar-refractivity contribution in [3.05, 3.63) is 23.3 Å². The second-order valence-corrected chi connectivity index (χ2v) is 5.27. The van der Waals surface area contributed by atoms with Gasteiger partial charge in [-0.15, -0.1) is 0 Å². The van der Waals surface area contributed by atoms with Crippen molar-refractivity contribution >= 4 is 12.3 Å². The van der Waals surface area contributed by atoms with Gasteiger partial charge in [-0.2, -0.15) is 0 Å². The molecule has 0 fully saturated rings. The van der Waals surface area contributed by atoms with Crippen LogP contribution in [0.3, 0.4) is 0 Å². The number of esters is 1. The molecule has 134 valence electrons. The highest BCUT2D eigenvalue weighted by Crippen LogP contribution is 2.34. The molecule has 0 spiro atoms. The SMILES string of the molecule is COC(=O)C(Cc1c(OC)ccc(OC)c1C=O)(OC)OC(C)C. The van der Waals surface area contributed by atoms with Crippen LogP contribution in [0, 0.1) is 0 Å². The third-order valence-corrected chi connectivity index (χ3v) is 3.49. The Labute approximate surface area is 141 Å². The van der Waals surface area contributed by atoms with Gasteiger partial charge in [-0.25, -0.2) is 4.79 Å². The first-order valence-electron chi connectivity index (χ1n) is 7.39. The number of rotatable bonds is 9. The molecule has 0 radical (unpaired) electrons. The molecule has 0 N–H and O–H groups in total. The van der Waals surface area contributed by atoms with Crippen LogP contribution in [0.4, 0.5) is 0 Å². The van der Waals surface area contributed by atoms with Crippen LogP contribution in [0.1, 0.15) is 29.8 Å². The molecule has 1 aromatic rings. The fraction of sp³-hybridized carbons (Fsp3) is 0.529. The zero-order chi connectivity index (χ0) is 18.3. The second kappa shape index (κ2) is 8.65. The van der Waals surface area contributed by atoms with E-state index in [-0.39, 0.29) is 18.1 Å². The molecule has 0 aliphatic heterocycles. The Hall–Kier alpha value is -2.12. The molecule has 0 aliphatic rings. The van der Waals surface area contributed by atoms with Crippen molar-refractivity contribution in [2.45, 2.75) is 32.2 Å². The van der Waals surface area contributed by atoms with E-state index in [0.717, 1.165) is 0 Å². The van der Waals surface area contributed by atoms with Crippen LogP contribution in [0.25, 0.3) is 0 Å². The van der Waals surface area contributed by atoms with E-state index in [1.807, 2.05) is 0 Å². The lowest BCUT2D eigenvalue weighted by molar-refractivity contribution is -0.248. The fourth-order valence-corrected chi connectivity index (χ4v) is 2.44. The Morgan fingerprint density at radius 3 is 2.12 bits per heavy atom. The predicted molar refractivity (Wildman–Crippen MR) is 86.6 cm³/mol. The molecule has 1 atom stereocenters. The lowest BCUT2D eigenvalue weighted by atomic mass is 9.97. The molecule has 1 aromatic carbocycles. The number of carbonyl (C=O) groups is 2. The van der Waals surface area contributed by atoms with Crippen molar-refractivity contribution < 1.29 is 33.3 Å². The summed E-state index contributed by atoms with van der Waals surface area (Å²) in [5.74, 6) is -1.64. The van der Waals surface area contributed by atoms with Crippen LogP contribution in [0.2, 0.25) is 0 Å². The zero-order valence-corrected chi connectivity index (χ0v) is 14.9. The van der Waals surface area contributed by atoms with E-state index in [1.165, 1.54) is 28.4 Å². The first kappa shape index (κ1) is 19.9. The average molecular weight is 340 g/mol. The summed E-state index contributed by atoms with van der Waals surface area (Å²) in [6.45, 7) is 3.53. The highest BCUT2D eigenvalue weighted by molar-refractivity contribution is 5.85. The van der Waals surface area contributed by atoms with Crippen molar-refractivity contribution in [3.63, 3.8) is 0 Å². The van der Waals surface area contributed by atoms with E-state index < -0.39 is 11.8 Å². The van der Waals surface area contributed by atoms with Crippen molar-refractivity contribution in [2.24, 2.45) is 0 Å². The molecule has 0 saturated heterocycles. The smallest absolute Gasteiger partial charge is 0.366 e. The van der Waals surface area contributed by atoms with Crippen molar-refractivity contribution in [2.75, 3.05) is 28.4 Å². The average Bonchev–Trinajstić information content (AvgIpc) is 2.59. The normalized spacial score (nSPS) is 13.3. The molecule has 0 amide bonds. The molecule has 1 rings (SSSR count). The monoisotopic (exact) mass is 340 g/mol. The van der Waals surface area contributed by atoms with Gasteiger partial charge >= 0.3 is 5.97 Å². The quantitative estimate of drug-likeness (QED) is 0.386. The van der Waals surface area contributed by atoms with Gasteiger partial charge in [0.25, 0.3) is 5.79 Å². The third-order valence-electron chi connectivity index (χ3n) is 3.49. The van der Waals surface area contributed by atoms with Gasteiger partial charge in [0, 0.05) is 19.1 Å². The van der Waals surface area contributed by atoms with E-state index in [9.17, 15) is 9.59 Å². The molecule has 0 heterocycles. The Morgan fingerprint density at radius 2 is 1.71 bits per heavy atom. The summed E-state index contributed by atoms with van der Waals surface area (Å²) in [6, 6.07) is 3.26. The van der Waals surface area contributed by atoms with Crippen LogP contribution in [-0.2, 0) is 25.4 Å². The van der Waals surface area contributed by atoms with Crippen LogP contribution in [0.5, 0.6) is 11.5 Å². The minimum Gasteiger partial charge on any atom is -0.496 e. The first-order valence-corrected chi connectivity index (χ1v) is 7.39. The highest BCUT2D eigenvalue weighted by Gasteiger charge is 2.44. The molecule has 0 aliphatic carbocycles. The van der Waals surface area contributed by atoms with Gasteiger partial charge in [0.15, 0.2) is 6.29 Å². The Morgan fingerprint density at radius 1 is 1.12 bits per heavy atom. The fourth-order valence-electron chi connectivity index (χ4n) is 2.44. The summed E-state index contributed by atoms with van der Waals surface area (Å²) in [7, 11) is 5.50. The summed E-state index contributed by atoms with van der Waals surface area (Å²) >= 11 is 0. The van der Waals surface area contributed by atoms with E-state index in [2.05, 4.69) is 0 Å². The maximum Gasteiger partial charge on any atom is 0.366 e. The van der Waals surface area contributed by atoms with Gasteiger partial charge in [-0.05, 0) is 26.0 Å². The number of hydrogen-bond donors (Lipinski definition) is 0. The van der Waals surface area contributed by atoms with Gasteiger partial charge in [0.05, 0.1) is 33.0 Å². The number of carbonyl (C=O) groups excluding carboxylic acids is 2. The Balaban J connectivity index is 3.51. The molecular weight excluding hydrogens is 316 g/mol. The van der Waals surface area contributed by atoms with Crippen molar-refractivity contribution in [1.29, 1.82) is 0 Å². The van der Waals surface area contributed by atoms with Gasteiger partial charge in [-0.3, -0.25) is 4.79 Å². The molecule has 0 saturated carbocycles. The van der Waals surface area contributed by atoms with Gasteiger partial charge in [-0.1, -0.05) is 0 Å². The zero-order valence-electron chi connectivity index (χ0n) is 14.9. The molecule has 0 aromatic heterocycles. The van der Waals surface area contributed by atoms with Crippen LogP contribution in [-0.4, -0.2) is 52.6 Å². The van der Waals surface area contributed by atoms with Crippen LogP contribution in [0.15, 0.2) is 12.1 Å². The van der Waals surface area contributed by atoms with E-state index in [0.29, 0.717) is 23.3 Å². The molecule has 0 bridgehead atoms.